The third-order valence-corrected chi connectivity index (χ3v) is 1.77. The van der Waals surface area contributed by atoms with Crippen LogP contribution in [0.25, 0.3) is 0 Å². The molecule has 0 amide bonds. The minimum absolute atomic E-state index is 0.00846. The summed E-state index contributed by atoms with van der Waals surface area (Å²) in [5.74, 6) is -0.196. The van der Waals surface area contributed by atoms with Crippen molar-refractivity contribution in [2.24, 2.45) is 0 Å². The number of terminal acetylenes is 1. The molecule has 0 saturated carbocycles. The van der Waals surface area contributed by atoms with Gasteiger partial charge in [-0.25, -0.2) is 9.59 Å². The molecule has 0 unspecified atom stereocenters. The number of carboxylic acid groups (broad SMARTS) is 2. The molecule has 5 heteroatoms. The number of carboxylic acids is 2. The van der Waals surface area contributed by atoms with Crippen molar-refractivity contribution < 1.29 is 24.5 Å². The second kappa shape index (κ2) is 4.84. The van der Waals surface area contributed by atoms with E-state index in [1.165, 1.54) is 6.07 Å². The van der Waals surface area contributed by atoms with Crippen LogP contribution in [0.15, 0.2) is 18.2 Å². The number of aromatic carboxylic acids is 2. The second-order valence-corrected chi connectivity index (χ2v) is 2.81. The van der Waals surface area contributed by atoms with Gasteiger partial charge in [0.2, 0.25) is 0 Å². The van der Waals surface area contributed by atoms with Gasteiger partial charge in [-0.1, -0.05) is 5.92 Å². The molecular weight excluding hydrogens is 212 g/mol. The van der Waals surface area contributed by atoms with Crippen LogP contribution in [0.2, 0.25) is 0 Å². The van der Waals surface area contributed by atoms with E-state index in [-0.39, 0.29) is 23.5 Å². The number of hydrogen-bond acceptors (Lipinski definition) is 3. The number of benzene rings is 1. The molecule has 16 heavy (non-hydrogen) atoms. The summed E-state index contributed by atoms with van der Waals surface area (Å²) in [6.07, 6.45) is 4.97. The largest absolute Gasteiger partial charge is 0.481 e. The molecule has 0 aromatic heterocycles. The van der Waals surface area contributed by atoms with Gasteiger partial charge in [0, 0.05) is 0 Å². The molecule has 2 N–H and O–H groups in total. The molecule has 0 spiro atoms. The number of hydrogen-bond donors (Lipinski definition) is 2. The predicted molar refractivity (Wildman–Crippen MR) is 54.7 cm³/mol. The van der Waals surface area contributed by atoms with Gasteiger partial charge in [0.15, 0.2) is 0 Å². The quantitative estimate of drug-likeness (QED) is 0.742. The number of carbonyl (C=O) groups is 2. The average Bonchev–Trinajstić information content (AvgIpc) is 2.25. The molecule has 5 nitrogen and oxygen atoms in total. The topological polar surface area (TPSA) is 83.8 Å². The van der Waals surface area contributed by atoms with E-state index in [1.54, 1.807) is 0 Å². The van der Waals surface area contributed by atoms with Crippen LogP contribution in [0.3, 0.4) is 0 Å². The molecule has 0 bridgehead atoms. The molecule has 0 atom stereocenters. The fraction of sp³-hybridized carbons (Fsp3) is 0.0909. The predicted octanol–water partition coefficient (Wildman–Crippen LogP) is 1.09. The van der Waals surface area contributed by atoms with E-state index in [4.69, 9.17) is 21.4 Å². The smallest absolute Gasteiger partial charge is 0.336 e. The lowest BCUT2D eigenvalue weighted by molar-refractivity contribution is 0.0651. The summed E-state index contributed by atoms with van der Waals surface area (Å²) < 4.78 is 4.99. The highest BCUT2D eigenvalue weighted by atomic mass is 16.5. The molecule has 0 aliphatic heterocycles. The average molecular weight is 220 g/mol. The molecule has 0 aliphatic rings. The van der Waals surface area contributed by atoms with Gasteiger partial charge < -0.3 is 14.9 Å². The minimum Gasteiger partial charge on any atom is -0.481 e. The Balaban J connectivity index is 3.13. The number of ether oxygens (including phenoxy) is 1. The Hall–Kier alpha value is -2.48. The van der Waals surface area contributed by atoms with Crippen molar-refractivity contribution in [1.29, 1.82) is 0 Å². The molecule has 1 aromatic rings. The zero-order valence-electron chi connectivity index (χ0n) is 8.14. The second-order valence-electron chi connectivity index (χ2n) is 2.81. The summed E-state index contributed by atoms with van der Waals surface area (Å²) in [6, 6.07) is 3.65. The van der Waals surface area contributed by atoms with Crippen molar-refractivity contribution in [2.45, 2.75) is 0 Å². The first kappa shape index (κ1) is 11.6. The summed E-state index contributed by atoms with van der Waals surface area (Å²) in [6.45, 7) is -0.00846. The first-order chi connectivity index (χ1) is 7.56. The van der Waals surface area contributed by atoms with E-state index >= 15 is 0 Å². The molecule has 0 radical (unpaired) electrons. The van der Waals surface area contributed by atoms with Gasteiger partial charge in [-0.2, -0.15) is 0 Å². The molecule has 0 aliphatic carbocycles. The van der Waals surface area contributed by atoms with E-state index in [2.05, 4.69) is 5.92 Å². The Bertz CT molecular complexity index is 470. The fourth-order valence-corrected chi connectivity index (χ4v) is 1.10. The van der Waals surface area contributed by atoms with E-state index in [1.807, 2.05) is 0 Å². The van der Waals surface area contributed by atoms with Crippen LogP contribution in [-0.2, 0) is 0 Å². The van der Waals surface area contributed by atoms with Crippen LogP contribution in [-0.4, -0.2) is 28.8 Å². The van der Waals surface area contributed by atoms with Crippen LogP contribution in [0.4, 0.5) is 0 Å². The maximum Gasteiger partial charge on any atom is 0.336 e. The third-order valence-electron chi connectivity index (χ3n) is 1.77. The van der Waals surface area contributed by atoms with Crippen molar-refractivity contribution in [3.63, 3.8) is 0 Å². The molecule has 0 heterocycles. The lowest BCUT2D eigenvalue weighted by Gasteiger charge is -2.05. The Labute approximate surface area is 91.3 Å². The van der Waals surface area contributed by atoms with Gasteiger partial charge in [-0.15, -0.1) is 6.42 Å². The van der Waals surface area contributed by atoms with E-state index in [0.29, 0.717) is 0 Å². The van der Waals surface area contributed by atoms with Crippen molar-refractivity contribution in [2.75, 3.05) is 6.61 Å². The van der Waals surface area contributed by atoms with Crippen LogP contribution in [0.1, 0.15) is 20.7 Å². The van der Waals surface area contributed by atoms with Crippen molar-refractivity contribution in [3.8, 4) is 18.1 Å². The van der Waals surface area contributed by atoms with Crippen LogP contribution < -0.4 is 4.74 Å². The van der Waals surface area contributed by atoms with Crippen LogP contribution in [0, 0.1) is 12.3 Å². The molecule has 1 rings (SSSR count). The summed E-state index contributed by atoms with van der Waals surface area (Å²) in [5, 5.41) is 17.6. The van der Waals surface area contributed by atoms with Crippen molar-refractivity contribution in [3.05, 3.63) is 29.3 Å². The SMILES string of the molecule is C#CCOc1ccc(C(=O)O)c(C(=O)O)c1. The van der Waals surface area contributed by atoms with Gasteiger partial charge >= 0.3 is 11.9 Å². The molecule has 82 valence electrons. The highest BCUT2D eigenvalue weighted by Crippen LogP contribution is 2.18. The molecule has 0 fully saturated rings. The lowest BCUT2D eigenvalue weighted by atomic mass is 10.1. The normalized spacial score (nSPS) is 9.19. The Morgan fingerprint density at radius 1 is 1.25 bits per heavy atom. The zero-order chi connectivity index (χ0) is 12.1. The molecule has 0 saturated heterocycles. The standard InChI is InChI=1S/C11H8O5/c1-2-5-16-7-3-4-8(10(12)13)9(6-7)11(14)15/h1,3-4,6H,5H2,(H,12,13)(H,14,15). The summed E-state index contributed by atoms with van der Waals surface area (Å²) >= 11 is 0. The molecule has 1 aromatic carbocycles. The summed E-state index contributed by atoms with van der Waals surface area (Å²) in [7, 11) is 0. The van der Waals surface area contributed by atoms with Gasteiger partial charge in [0.1, 0.15) is 12.4 Å². The van der Waals surface area contributed by atoms with Crippen LogP contribution in [0.5, 0.6) is 5.75 Å². The van der Waals surface area contributed by atoms with Crippen molar-refractivity contribution in [1.82, 2.24) is 0 Å². The maximum absolute atomic E-state index is 10.8. The Morgan fingerprint density at radius 2 is 1.88 bits per heavy atom. The fourth-order valence-electron chi connectivity index (χ4n) is 1.10. The van der Waals surface area contributed by atoms with E-state index in [0.717, 1.165) is 12.1 Å². The maximum atomic E-state index is 10.8. The van der Waals surface area contributed by atoms with Gasteiger partial charge in [-0.3, -0.25) is 0 Å². The van der Waals surface area contributed by atoms with Gasteiger partial charge in [-0.05, 0) is 18.2 Å². The third kappa shape index (κ3) is 2.51. The Kier molecular flexibility index (Phi) is 3.51. The highest BCUT2D eigenvalue weighted by Gasteiger charge is 2.16. The highest BCUT2D eigenvalue weighted by molar-refractivity contribution is 6.01. The molecular formula is C11H8O5. The summed E-state index contributed by atoms with van der Waals surface area (Å²) in [4.78, 5) is 21.5. The monoisotopic (exact) mass is 220 g/mol. The lowest BCUT2D eigenvalue weighted by Crippen LogP contribution is -2.08. The van der Waals surface area contributed by atoms with Gasteiger partial charge in [0.05, 0.1) is 11.1 Å². The number of rotatable bonds is 4. The minimum atomic E-state index is -1.33. The first-order valence-corrected chi connectivity index (χ1v) is 4.23. The summed E-state index contributed by atoms with van der Waals surface area (Å²) in [5.41, 5.74) is -0.623. The first-order valence-electron chi connectivity index (χ1n) is 4.23. The van der Waals surface area contributed by atoms with Crippen LogP contribution >= 0.6 is 0 Å². The van der Waals surface area contributed by atoms with E-state index in [9.17, 15) is 9.59 Å². The zero-order valence-corrected chi connectivity index (χ0v) is 8.14. The van der Waals surface area contributed by atoms with E-state index < -0.39 is 11.9 Å². The van der Waals surface area contributed by atoms with Crippen molar-refractivity contribution >= 4 is 11.9 Å². The van der Waals surface area contributed by atoms with Gasteiger partial charge in [0.25, 0.3) is 0 Å². The Morgan fingerprint density at radius 3 is 2.38 bits per heavy atom.